The van der Waals surface area contributed by atoms with Gasteiger partial charge in [-0.05, 0) is 31.1 Å². The topological polar surface area (TPSA) is 52.3 Å². The van der Waals surface area contributed by atoms with Crippen LogP contribution in [-0.4, -0.2) is 12.2 Å². The summed E-state index contributed by atoms with van der Waals surface area (Å²) in [5.74, 6) is 0. The molecule has 1 atom stereocenters. The highest BCUT2D eigenvalue weighted by molar-refractivity contribution is 5.64. The number of carbonyl (C=O) groups is 1. The lowest BCUT2D eigenvalue weighted by molar-refractivity contribution is 0.0918. The van der Waals surface area contributed by atoms with Crippen LogP contribution in [-0.2, 0) is 4.74 Å². The molecular weight excluding hydrogens is 190 g/mol. The lowest BCUT2D eigenvalue weighted by atomic mass is 9.89. The molecule has 0 saturated heterocycles. The molecule has 0 saturated carbocycles. The van der Waals surface area contributed by atoms with Crippen molar-refractivity contribution in [2.45, 2.75) is 65.9 Å². The van der Waals surface area contributed by atoms with Crippen LogP contribution in [0, 0.1) is 5.41 Å². The third-order valence-electron chi connectivity index (χ3n) is 2.35. The standard InChI is InChI=1S/C12H25NO2/c1-5-7-10(15-11(13)14)8-6-9-12(2,3)4/h10H,5-9H2,1-4H3,(H2,13,14). The molecule has 3 heteroatoms. The van der Waals surface area contributed by atoms with Gasteiger partial charge < -0.3 is 10.5 Å². The van der Waals surface area contributed by atoms with Crippen molar-refractivity contribution in [2.24, 2.45) is 11.1 Å². The number of carbonyl (C=O) groups excluding carboxylic acids is 1. The molecule has 0 aromatic rings. The second kappa shape index (κ2) is 6.70. The summed E-state index contributed by atoms with van der Waals surface area (Å²) in [6.07, 6.45) is 4.45. The Kier molecular flexibility index (Phi) is 6.37. The highest BCUT2D eigenvalue weighted by Crippen LogP contribution is 2.23. The number of rotatable bonds is 6. The number of nitrogens with two attached hydrogens (primary N) is 1. The summed E-state index contributed by atoms with van der Waals surface area (Å²) in [5, 5.41) is 0. The Morgan fingerprint density at radius 3 is 2.33 bits per heavy atom. The zero-order valence-electron chi connectivity index (χ0n) is 10.5. The van der Waals surface area contributed by atoms with Gasteiger partial charge in [-0.3, -0.25) is 0 Å². The van der Waals surface area contributed by atoms with E-state index in [2.05, 4.69) is 27.7 Å². The first-order valence-electron chi connectivity index (χ1n) is 5.81. The molecule has 90 valence electrons. The van der Waals surface area contributed by atoms with E-state index in [0.717, 1.165) is 32.1 Å². The van der Waals surface area contributed by atoms with Gasteiger partial charge in [0, 0.05) is 0 Å². The first-order valence-corrected chi connectivity index (χ1v) is 5.81. The summed E-state index contributed by atoms with van der Waals surface area (Å²) in [6.45, 7) is 8.74. The smallest absolute Gasteiger partial charge is 0.404 e. The SMILES string of the molecule is CCCC(CCCC(C)(C)C)OC(N)=O. The van der Waals surface area contributed by atoms with Gasteiger partial charge in [0.2, 0.25) is 0 Å². The van der Waals surface area contributed by atoms with Gasteiger partial charge in [-0.15, -0.1) is 0 Å². The molecule has 15 heavy (non-hydrogen) atoms. The van der Waals surface area contributed by atoms with Gasteiger partial charge in [0.1, 0.15) is 6.10 Å². The number of hydrogen-bond acceptors (Lipinski definition) is 2. The molecule has 3 nitrogen and oxygen atoms in total. The fourth-order valence-corrected chi connectivity index (χ4v) is 1.61. The molecule has 0 aliphatic rings. The third-order valence-corrected chi connectivity index (χ3v) is 2.35. The van der Waals surface area contributed by atoms with E-state index in [1.165, 1.54) is 0 Å². The first kappa shape index (κ1) is 14.3. The third kappa shape index (κ3) is 9.57. The van der Waals surface area contributed by atoms with Crippen LogP contribution in [0.2, 0.25) is 0 Å². The van der Waals surface area contributed by atoms with E-state index in [9.17, 15) is 4.79 Å². The molecule has 1 unspecified atom stereocenters. The summed E-state index contributed by atoms with van der Waals surface area (Å²) < 4.78 is 5.04. The minimum absolute atomic E-state index is 0.00912. The van der Waals surface area contributed by atoms with Gasteiger partial charge >= 0.3 is 6.09 Å². The van der Waals surface area contributed by atoms with Crippen LogP contribution in [0.3, 0.4) is 0 Å². The van der Waals surface area contributed by atoms with Gasteiger partial charge in [0.15, 0.2) is 0 Å². The Bertz CT molecular complexity index is 185. The Labute approximate surface area is 93.4 Å². The molecule has 0 fully saturated rings. The van der Waals surface area contributed by atoms with Crippen molar-refractivity contribution in [2.75, 3.05) is 0 Å². The van der Waals surface area contributed by atoms with Crippen LogP contribution in [0.15, 0.2) is 0 Å². The monoisotopic (exact) mass is 215 g/mol. The molecule has 2 N–H and O–H groups in total. The van der Waals surface area contributed by atoms with E-state index in [0.29, 0.717) is 5.41 Å². The van der Waals surface area contributed by atoms with Crippen molar-refractivity contribution in [1.82, 2.24) is 0 Å². The Balaban J connectivity index is 3.80. The van der Waals surface area contributed by atoms with Crippen LogP contribution < -0.4 is 5.73 Å². The van der Waals surface area contributed by atoms with Crippen LogP contribution in [0.5, 0.6) is 0 Å². The zero-order chi connectivity index (χ0) is 11.9. The molecular formula is C12H25NO2. The van der Waals surface area contributed by atoms with Crippen molar-refractivity contribution in [3.05, 3.63) is 0 Å². The molecule has 0 bridgehead atoms. The van der Waals surface area contributed by atoms with Crippen molar-refractivity contribution in [3.8, 4) is 0 Å². The molecule has 0 aromatic carbocycles. The highest BCUT2D eigenvalue weighted by atomic mass is 16.6. The quantitative estimate of drug-likeness (QED) is 0.737. The van der Waals surface area contributed by atoms with Crippen molar-refractivity contribution in [3.63, 3.8) is 0 Å². The van der Waals surface area contributed by atoms with Crippen LogP contribution in [0.25, 0.3) is 0 Å². The Hall–Kier alpha value is -0.730. The van der Waals surface area contributed by atoms with Crippen molar-refractivity contribution >= 4 is 6.09 Å². The van der Waals surface area contributed by atoms with E-state index in [1.807, 2.05) is 0 Å². The Morgan fingerprint density at radius 2 is 1.93 bits per heavy atom. The highest BCUT2D eigenvalue weighted by Gasteiger charge is 2.14. The number of primary amides is 1. The minimum atomic E-state index is -0.649. The Morgan fingerprint density at radius 1 is 1.33 bits per heavy atom. The maximum absolute atomic E-state index is 10.6. The number of amides is 1. The lowest BCUT2D eigenvalue weighted by Crippen LogP contribution is -2.23. The average Bonchev–Trinajstić information content (AvgIpc) is 2.00. The lowest BCUT2D eigenvalue weighted by Gasteiger charge is -2.20. The summed E-state index contributed by atoms with van der Waals surface area (Å²) in [6, 6.07) is 0. The van der Waals surface area contributed by atoms with Gasteiger partial charge in [-0.1, -0.05) is 34.1 Å². The van der Waals surface area contributed by atoms with Crippen molar-refractivity contribution < 1.29 is 9.53 Å². The van der Waals surface area contributed by atoms with Crippen LogP contribution in [0.1, 0.15) is 59.8 Å². The summed E-state index contributed by atoms with van der Waals surface area (Å²) in [7, 11) is 0. The molecule has 0 spiro atoms. The molecule has 0 aliphatic heterocycles. The number of ether oxygens (including phenoxy) is 1. The molecule has 0 aliphatic carbocycles. The predicted octanol–water partition coefficient (Wildman–Crippen LogP) is 3.47. The molecule has 0 rings (SSSR count). The second-order valence-electron chi connectivity index (χ2n) is 5.30. The largest absolute Gasteiger partial charge is 0.446 e. The van der Waals surface area contributed by atoms with Gasteiger partial charge in [0.05, 0.1) is 0 Å². The minimum Gasteiger partial charge on any atom is -0.446 e. The van der Waals surface area contributed by atoms with E-state index in [1.54, 1.807) is 0 Å². The second-order valence-corrected chi connectivity index (χ2v) is 5.30. The molecule has 0 aromatic heterocycles. The fourth-order valence-electron chi connectivity index (χ4n) is 1.61. The summed E-state index contributed by atoms with van der Waals surface area (Å²) >= 11 is 0. The summed E-state index contributed by atoms with van der Waals surface area (Å²) in [4.78, 5) is 10.6. The molecule has 0 heterocycles. The van der Waals surface area contributed by atoms with E-state index in [-0.39, 0.29) is 6.10 Å². The average molecular weight is 215 g/mol. The zero-order valence-corrected chi connectivity index (χ0v) is 10.5. The van der Waals surface area contributed by atoms with Crippen molar-refractivity contribution in [1.29, 1.82) is 0 Å². The number of hydrogen-bond donors (Lipinski definition) is 1. The maximum Gasteiger partial charge on any atom is 0.404 e. The van der Waals surface area contributed by atoms with Gasteiger partial charge in [0.25, 0.3) is 0 Å². The van der Waals surface area contributed by atoms with Gasteiger partial charge in [-0.2, -0.15) is 0 Å². The van der Waals surface area contributed by atoms with Crippen LogP contribution >= 0.6 is 0 Å². The normalized spacial score (nSPS) is 13.6. The molecule has 1 amide bonds. The van der Waals surface area contributed by atoms with Crippen LogP contribution in [0.4, 0.5) is 4.79 Å². The maximum atomic E-state index is 10.6. The predicted molar refractivity (Wildman–Crippen MR) is 62.7 cm³/mol. The fraction of sp³-hybridized carbons (Fsp3) is 0.917. The summed E-state index contributed by atoms with van der Waals surface area (Å²) in [5.41, 5.74) is 5.37. The first-order chi connectivity index (χ1) is 6.85. The van der Waals surface area contributed by atoms with E-state index in [4.69, 9.17) is 10.5 Å². The van der Waals surface area contributed by atoms with Gasteiger partial charge in [-0.25, -0.2) is 4.79 Å². The van der Waals surface area contributed by atoms with E-state index < -0.39 is 6.09 Å². The molecule has 0 radical (unpaired) electrons. The van der Waals surface area contributed by atoms with E-state index >= 15 is 0 Å².